The SMILES string of the molecule is CCC1=C2[C@H](CN(S(=O)(=O)c3ccc(C)cc3)[C@H]1C(C)C)[C@@H](c1ccccc1)[C@@]2(OC(=O)c1ccccc1)c1ccccc1. The van der Waals surface area contributed by atoms with Crippen molar-refractivity contribution < 1.29 is 17.9 Å². The van der Waals surface area contributed by atoms with Crippen LogP contribution in [0.15, 0.2) is 131 Å². The molecule has 0 radical (unpaired) electrons. The highest BCUT2D eigenvalue weighted by Gasteiger charge is 2.66. The molecule has 1 saturated carbocycles. The summed E-state index contributed by atoms with van der Waals surface area (Å²) in [4.78, 5) is 14.3. The molecule has 0 spiro atoms. The maximum atomic E-state index is 14.4. The van der Waals surface area contributed by atoms with E-state index in [0.717, 1.165) is 27.8 Å². The van der Waals surface area contributed by atoms with Gasteiger partial charge in [0.05, 0.1) is 10.5 Å². The first-order valence-electron chi connectivity index (χ1n) is 15.4. The van der Waals surface area contributed by atoms with Crippen LogP contribution in [0.3, 0.4) is 0 Å². The maximum absolute atomic E-state index is 14.4. The summed E-state index contributed by atoms with van der Waals surface area (Å²) in [5.74, 6) is -0.870. The normalized spacial score (nSPS) is 23.6. The molecule has 1 heterocycles. The number of carbonyl (C=O) groups excluding carboxylic acids is 1. The van der Waals surface area contributed by atoms with Crippen LogP contribution in [0, 0.1) is 18.8 Å². The van der Waals surface area contributed by atoms with Crippen LogP contribution < -0.4 is 0 Å². The Morgan fingerprint density at radius 2 is 1.43 bits per heavy atom. The van der Waals surface area contributed by atoms with E-state index in [-0.39, 0.29) is 23.8 Å². The molecule has 1 fully saturated rings. The Morgan fingerprint density at radius 1 is 0.864 bits per heavy atom. The fraction of sp³-hybridized carbons (Fsp3) is 0.289. The highest BCUT2D eigenvalue weighted by molar-refractivity contribution is 7.89. The van der Waals surface area contributed by atoms with Crippen LogP contribution in [0.4, 0.5) is 0 Å². The van der Waals surface area contributed by atoms with Gasteiger partial charge in [-0.15, -0.1) is 0 Å². The number of rotatable bonds is 8. The summed E-state index contributed by atoms with van der Waals surface area (Å²) in [6, 6.07) is 35.9. The zero-order chi connectivity index (χ0) is 31.1. The monoisotopic (exact) mass is 605 g/mol. The Labute approximate surface area is 261 Å². The Balaban J connectivity index is 1.60. The van der Waals surface area contributed by atoms with E-state index in [9.17, 15) is 13.2 Å². The topological polar surface area (TPSA) is 63.7 Å². The van der Waals surface area contributed by atoms with E-state index < -0.39 is 21.6 Å². The minimum absolute atomic E-state index is 0.00676. The summed E-state index contributed by atoms with van der Waals surface area (Å²) in [7, 11) is -3.82. The molecule has 4 aromatic rings. The summed E-state index contributed by atoms with van der Waals surface area (Å²) >= 11 is 0. The lowest BCUT2D eigenvalue weighted by Gasteiger charge is -2.62. The molecule has 0 saturated heterocycles. The molecular formula is C38H39NO4S. The molecule has 1 aliphatic carbocycles. The number of ether oxygens (including phenoxy) is 1. The van der Waals surface area contributed by atoms with Crippen molar-refractivity contribution in [1.29, 1.82) is 0 Å². The van der Waals surface area contributed by atoms with Crippen molar-refractivity contribution in [3.63, 3.8) is 0 Å². The van der Waals surface area contributed by atoms with Crippen LogP contribution in [0.2, 0.25) is 0 Å². The molecule has 44 heavy (non-hydrogen) atoms. The lowest BCUT2D eigenvalue weighted by molar-refractivity contribution is -0.0768. The summed E-state index contributed by atoms with van der Waals surface area (Å²) in [6.45, 7) is 8.49. The van der Waals surface area contributed by atoms with Gasteiger partial charge in [-0.3, -0.25) is 0 Å². The average Bonchev–Trinajstić information content (AvgIpc) is 3.04. The third kappa shape index (κ3) is 4.90. The molecule has 6 heteroatoms. The van der Waals surface area contributed by atoms with Gasteiger partial charge in [0.15, 0.2) is 5.60 Å². The molecule has 1 aliphatic heterocycles. The second kappa shape index (κ2) is 11.8. The second-order valence-corrected chi connectivity index (χ2v) is 14.1. The lowest BCUT2D eigenvalue weighted by atomic mass is 9.49. The van der Waals surface area contributed by atoms with Gasteiger partial charge in [0.25, 0.3) is 0 Å². The molecule has 0 aromatic heterocycles. The fourth-order valence-electron chi connectivity index (χ4n) is 7.44. The fourth-order valence-corrected chi connectivity index (χ4v) is 9.22. The number of benzene rings is 4. The van der Waals surface area contributed by atoms with Crippen LogP contribution in [-0.4, -0.2) is 31.3 Å². The summed E-state index contributed by atoms with van der Waals surface area (Å²) in [6.07, 6.45) is 0.633. The van der Waals surface area contributed by atoms with Gasteiger partial charge in [0.2, 0.25) is 10.0 Å². The van der Waals surface area contributed by atoms with Crippen molar-refractivity contribution in [2.24, 2.45) is 11.8 Å². The Kier molecular flexibility index (Phi) is 8.08. The number of hydrogen-bond acceptors (Lipinski definition) is 4. The number of fused-ring (bicyclic) bond motifs is 1. The highest BCUT2D eigenvalue weighted by atomic mass is 32.2. The molecule has 0 N–H and O–H groups in total. The predicted octanol–water partition coefficient (Wildman–Crippen LogP) is 7.90. The molecule has 5 nitrogen and oxygen atoms in total. The van der Waals surface area contributed by atoms with Crippen molar-refractivity contribution in [2.75, 3.05) is 6.54 Å². The molecule has 4 atom stereocenters. The average molecular weight is 606 g/mol. The van der Waals surface area contributed by atoms with E-state index in [1.54, 1.807) is 28.6 Å². The van der Waals surface area contributed by atoms with Crippen molar-refractivity contribution in [3.05, 3.63) is 149 Å². The van der Waals surface area contributed by atoms with Gasteiger partial charge in [-0.2, -0.15) is 4.31 Å². The number of sulfonamides is 1. The van der Waals surface area contributed by atoms with E-state index in [1.807, 2.05) is 85.8 Å². The molecule has 0 bridgehead atoms. The highest BCUT2D eigenvalue weighted by Crippen LogP contribution is 2.66. The molecule has 226 valence electrons. The first-order chi connectivity index (χ1) is 21.2. The van der Waals surface area contributed by atoms with Crippen LogP contribution in [0.5, 0.6) is 0 Å². The van der Waals surface area contributed by atoms with Gasteiger partial charge in [0.1, 0.15) is 0 Å². The van der Waals surface area contributed by atoms with E-state index in [2.05, 4.69) is 32.9 Å². The quantitative estimate of drug-likeness (QED) is 0.151. The number of esters is 1. The number of aryl methyl sites for hydroxylation is 1. The van der Waals surface area contributed by atoms with Crippen LogP contribution in [0.1, 0.15) is 60.2 Å². The van der Waals surface area contributed by atoms with E-state index >= 15 is 0 Å². The van der Waals surface area contributed by atoms with Gasteiger partial charge in [0, 0.05) is 30.0 Å². The smallest absolute Gasteiger partial charge is 0.339 e. The summed E-state index contributed by atoms with van der Waals surface area (Å²) in [5.41, 5.74) is 4.39. The predicted molar refractivity (Wildman–Crippen MR) is 174 cm³/mol. The van der Waals surface area contributed by atoms with Crippen LogP contribution in [0.25, 0.3) is 0 Å². The molecule has 6 rings (SSSR count). The number of hydrogen-bond donors (Lipinski definition) is 0. The third-order valence-electron chi connectivity index (χ3n) is 9.27. The van der Waals surface area contributed by atoms with E-state index in [4.69, 9.17) is 4.74 Å². The van der Waals surface area contributed by atoms with Gasteiger partial charge < -0.3 is 4.74 Å². The first kappa shape index (κ1) is 30.0. The standard InChI is InChI=1S/C38H39NO4S/c1-5-32-35-33(25-39(36(32)26(2)3)44(41,42)31-23-21-27(4)22-24-31)34(28-15-9-6-10-16-28)38(35,30-19-13-8-14-20-30)43-37(40)29-17-11-7-12-18-29/h6-24,26,33-34,36H,5,25H2,1-4H3/t33-,34-,36+,38+/m1/s1. The van der Waals surface area contributed by atoms with Gasteiger partial charge in [-0.25, -0.2) is 13.2 Å². The molecule has 0 unspecified atom stereocenters. The van der Waals surface area contributed by atoms with Gasteiger partial charge in [-0.05, 0) is 60.2 Å². The largest absolute Gasteiger partial charge is 0.445 e. The van der Waals surface area contributed by atoms with Crippen LogP contribution >= 0.6 is 0 Å². The van der Waals surface area contributed by atoms with Crippen molar-refractivity contribution in [3.8, 4) is 0 Å². The summed E-state index contributed by atoms with van der Waals surface area (Å²) in [5, 5.41) is 0. The Bertz CT molecular complexity index is 1770. The van der Waals surface area contributed by atoms with Crippen molar-refractivity contribution in [1.82, 2.24) is 4.31 Å². The van der Waals surface area contributed by atoms with Crippen molar-refractivity contribution >= 4 is 16.0 Å². The number of nitrogens with zero attached hydrogens (tertiary/aromatic N) is 1. The maximum Gasteiger partial charge on any atom is 0.339 e. The molecule has 4 aromatic carbocycles. The Hall–Kier alpha value is -4.00. The minimum Gasteiger partial charge on any atom is -0.445 e. The Morgan fingerprint density at radius 3 is 2.00 bits per heavy atom. The lowest BCUT2D eigenvalue weighted by Crippen LogP contribution is -2.64. The zero-order valence-electron chi connectivity index (χ0n) is 25.7. The second-order valence-electron chi connectivity index (χ2n) is 12.2. The van der Waals surface area contributed by atoms with Crippen LogP contribution in [-0.2, 0) is 20.4 Å². The van der Waals surface area contributed by atoms with Gasteiger partial charge in [-0.1, -0.05) is 117 Å². The number of carbonyl (C=O) groups is 1. The van der Waals surface area contributed by atoms with Gasteiger partial charge >= 0.3 is 5.97 Å². The molecule has 0 amide bonds. The van der Waals surface area contributed by atoms with E-state index in [0.29, 0.717) is 23.4 Å². The summed E-state index contributed by atoms with van der Waals surface area (Å²) < 4.78 is 37.3. The first-order valence-corrected chi connectivity index (χ1v) is 16.8. The molecule has 2 aliphatic rings. The zero-order valence-corrected chi connectivity index (χ0v) is 26.5. The van der Waals surface area contributed by atoms with Crippen molar-refractivity contribution in [2.45, 2.75) is 56.6 Å². The molecular weight excluding hydrogens is 566 g/mol. The third-order valence-corrected chi connectivity index (χ3v) is 11.1. The van der Waals surface area contributed by atoms with E-state index in [1.165, 1.54) is 0 Å². The minimum atomic E-state index is -3.82.